The van der Waals surface area contributed by atoms with Crippen molar-refractivity contribution in [2.75, 3.05) is 0 Å². The van der Waals surface area contributed by atoms with E-state index < -0.39 is 0 Å². The van der Waals surface area contributed by atoms with Gasteiger partial charge in [-0.25, -0.2) is 0 Å². The van der Waals surface area contributed by atoms with E-state index in [2.05, 4.69) is 102 Å². The topological polar surface area (TPSA) is 50.2 Å². The first-order valence-electron chi connectivity index (χ1n) is 18.1. The van der Waals surface area contributed by atoms with E-state index in [1.165, 1.54) is 43.4 Å². The fourth-order valence-electron chi connectivity index (χ4n) is 6.39. The first-order chi connectivity index (χ1) is 22.9. The molecule has 0 aliphatic rings. The molecule has 1 N–H and O–H groups in total. The van der Waals surface area contributed by atoms with Crippen molar-refractivity contribution in [1.82, 2.24) is 4.98 Å². The fourth-order valence-corrected chi connectivity index (χ4v) is 7.49. The largest absolute Gasteiger partial charge is 0.512 e. The molecular formula is C45H58IrNO2S-. The van der Waals surface area contributed by atoms with E-state index in [1.54, 1.807) is 0 Å². The second-order valence-electron chi connectivity index (χ2n) is 16.5. The molecule has 0 atom stereocenters. The molecule has 3 nitrogen and oxygen atoms in total. The number of rotatable bonds is 9. The quantitative estimate of drug-likeness (QED) is 0.0912. The van der Waals surface area contributed by atoms with Gasteiger partial charge in [-0.05, 0) is 76.1 Å². The maximum Gasteiger partial charge on any atom is 0.164 e. The number of aliphatic hydroxyl groups is 1. The van der Waals surface area contributed by atoms with Gasteiger partial charge in [0.2, 0.25) is 0 Å². The summed E-state index contributed by atoms with van der Waals surface area (Å²) in [4.78, 5) is 17.0. The van der Waals surface area contributed by atoms with Crippen molar-refractivity contribution in [2.45, 2.75) is 121 Å². The minimum atomic E-state index is -0.337. The van der Waals surface area contributed by atoms with Crippen molar-refractivity contribution in [3.05, 3.63) is 89.1 Å². The van der Waals surface area contributed by atoms with Crippen LogP contribution in [0, 0.1) is 22.3 Å². The van der Waals surface area contributed by atoms with Gasteiger partial charge in [0.05, 0.1) is 0 Å². The summed E-state index contributed by atoms with van der Waals surface area (Å²) in [6, 6.07) is 21.3. The Labute approximate surface area is 319 Å². The smallest absolute Gasteiger partial charge is 0.164 e. The van der Waals surface area contributed by atoms with Crippen LogP contribution in [0.25, 0.3) is 42.9 Å². The zero-order chi connectivity index (χ0) is 36.4. The normalized spacial score (nSPS) is 12.9. The molecule has 0 saturated heterocycles. The van der Waals surface area contributed by atoms with Crippen molar-refractivity contribution in [3.63, 3.8) is 0 Å². The summed E-state index contributed by atoms with van der Waals surface area (Å²) >= 11 is 1.86. The molecule has 0 aliphatic heterocycles. The Morgan fingerprint density at radius 2 is 1.40 bits per heavy atom. The Bertz CT molecular complexity index is 1960. The first kappa shape index (κ1) is 41.6. The van der Waals surface area contributed by atoms with Crippen LogP contribution in [0.4, 0.5) is 0 Å². The van der Waals surface area contributed by atoms with Crippen LogP contribution in [0.15, 0.2) is 71.9 Å². The third kappa shape index (κ3) is 8.95. The number of thiophene rings is 1. The molecule has 0 amide bonds. The van der Waals surface area contributed by atoms with Crippen LogP contribution in [0.3, 0.4) is 0 Å². The summed E-state index contributed by atoms with van der Waals surface area (Å²) in [6.07, 6.45) is 7.80. The Morgan fingerprint density at radius 1 is 0.800 bits per heavy atom. The van der Waals surface area contributed by atoms with Crippen LogP contribution in [0.2, 0.25) is 0 Å². The monoisotopic (exact) mass is 869 g/mol. The van der Waals surface area contributed by atoms with Crippen LogP contribution in [0.1, 0.15) is 120 Å². The zero-order valence-corrected chi connectivity index (χ0v) is 35.6. The van der Waals surface area contributed by atoms with Gasteiger partial charge in [0.15, 0.2) is 5.78 Å². The average Bonchev–Trinajstić information content (AvgIpc) is 3.48. The van der Waals surface area contributed by atoms with Gasteiger partial charge in [-0.2, -0.15) is 0 Å². The molecule has 0 saturated carbocycles. The van der Waals surface area contributed by atoms with E-state index in [0.29, 0.717) is 0 Å². The number of aliphatic hydroxyl groups excluding tert-OH is 1. The van der Waals surface area contributed by atoms with Crippen molar-refractivity contribution in [1.29, 1.82) is 0 Å². The van der Waals surface area contributed by atoms with Crippen LogP contribution >= 0.6 is 11.3 Å². The third-order valence-corrected chi connectivity index (χ3v) is 11.8. The molecule has 3 aromatic carbocycles. The van der Waals surface area contributed by atoms with E-state index in [1.807, 2.05) is 59.1 Å². The van der Waals surface area contributed by atoms with Crippen molar-refractivity contribution < 1.29 is 30.0 Å². The molecule has 5 aromatic rings. The number of hydrogen-bond acceptors (Lipinski definition) is 4. The molecule has 0 bridgehead atoms. The molecule has 2 heterocycles. The summed E-state index contributed by atoms with van der Waals surface area (Å²) in [6.45, 7) is 25.8. The van der Waals surface area contributed by atoms with Gasteiger partial charge in [0, 0.05) is 53.6 Å². The van der Waals surface area contributed by atoms with Gasteiger partial charge >= 0.3 is 0 Å². The van der Waals surface area contributed by atoms with Crippen LogP contribution < -0.4 is 0 Å². The molecular weight excluding hydrogens is 811 g/mol. The van der Waals surface area contributed by atoms with Crippen molar-refractivity contribution in [2.24, 2.45) is 16.2 Å². The molecule has 0 spiro atoms. The molecule has 271 valence electrons. The second kappa shape index (κ2) is 16.2. The van der Waals surface area contributed by atoms with Gasteiger partial charge in [-0.15, -0.1) is 40.5 Å². The number of carbonyl (C=O) groups is 1. The predicted octanol–water partition coefficient (Wildman–Crippen LogP) is 13.6. The van der Waals surface area contributed by atoms with Crippen molar-refractivity contribution in [3.8, 4) is 11.3 Å². The maximum atomic E-state index is 12.2. The van der Waals surface area contributed by atoms with Gasteiger partial charge in [0.25, 0.3) is 0 Å². The summed E-state index contributed by atoms with van der Waals surface area (Å²) in [5.41, 5.74) is 4.59. The number of fused-ring (bicyclic) bond motifs is 4. The fraction of sp³-hybridized carbons (Fsp3) is 0.467. The van der Waals surface area contributed by atoms with E-state index in [9.17, 15) is 9.90 Å². The predicted molar refractivity (Wildman–Crippen MR) is 214 cm³/mol. The van der Waals surface area contributed by atoms with Crippen LogP contribution in [-0.4, -0.2) is 15.9 Å². The minimum Gasteiger partial charge on any atom is -0.512 e. The number of hydrogen-bond donors (Lipinski definition) is 1. The summed E-state index contributed by atoms with van der Waals surface area (Å²) in [7, 11) is 0. The number of ketones is 1. The standard InChI is InChI=1S/C30H30NS.C15H28O2.Ir/c1-29(2,3)17-21-18-32-28-23(21)11-12-24-25(28)13-14-31-27(24)20-15-19-9-7-8-10-22(19)26(16-20)30(4,5)6;1-7-14(5,8-2)12(16)11-13(17)15(6,9-3)10-4;/h7-14,16,18H,17H2,1-6H3;11,16H,7-10H2,1-6H3;/q-1;;/b;12-11-;. The SMILES string of the molecule is CC(C)(C)Cc1csc2c1ccc1c(-c3[c-]c4ccccc4c(C(C)(C)C)c3)nccc12.CCC(C)(CC)C(=O)/C=C(\O)C(C)(CC)CC.[Ir]. The third-order valence-electron chi connectivity index (χ3n) is 10.7. The van der Waals surface area contributed by atoms with E-state index in [0.717, 1.165) is 48.7 Å². The summed E-state index contributed by atoms with van der Waals surface area (Å²) in [5.74, 6) is 0.286. The number of benzene rings is 3. The number of pyridine rings is 1. The molecule has 0 fully saturated rings. The average molecular weight is 869 g/mol. The summed E-state index contributed by atoms with van der Waals surface area (Å²) in [5, 5.41) is 18.8. The van der Waals surface area contributed by atoms with E-state index in [4.69, 9.17) is 4.98 Å². The van der Waals surface area contributed by atoms with Crippen molar-refractivity contribution >= 4 is 48.8 Å². The number of aromatic nitrogens is 1. The molecule has 1 radical (unpaired) electrons. The van der Waals surface area contributed by atoms with Gasteiger partial charge in [-0.3, -0.25) is 9.78 Å². The Balaban J connectivity index is 0.000000323. The molecule has 0 aliphatic carbocycles. The van der Waals surface area contributed by atoms with Gasteiger partial charge < -0.3 is 5.11 Å². The Kier molecular flexibility index (Phi) is 13.5. The first-order valence-corrected chi connectivity index (χ1v) is 19.0. The van der Waals surface area contributed by atoms with Crippen LogP contribution in [-0.2, 0) is 36.7 Å². The molecule has 50 heavy (non-hydrogen) atoms. The zero-order valence-electron chi connectivity index (χ0n) is 32.4. The summed E-state index contributed by atoms with van der Waals surface area (Å²) < 4.78 is 1.36. The number of allylic oxidation sites excluding steroid dienone is 2. The second-order valence-corrected chi connectivity index (χ2v) is 17.4. The number of carbonyl (C=O) groups excluding carboxylic acids is 1. The van der Waals surface area contributed by atoms with E-state index >= 15 is 0 Å². The minimum absolute atomic E-state index is 0. The molecule has 0 unspecified atom stereocenters. The van der Waals surface area contributed by atoms with Gasteiger partial charge in [-0.1, -0.05) is 124 Å². The van der Waals surface area contributed by atoms with Crippen LogP contribution in [0.5, 0.6) is 0 Å². The molecule has 5 rings (SSSR count). The van der Waals surface area contributed by atoms with Gasteiger partial charge in [0.1, 0.15) is 5.76 Å². The Morgan fingerprint density at radius 3 is 1.98 bits per heavy atom. The molecule has 2 aromatic heterocycles. The Hall–Kier alpha value is -2.85. The maximum absolute atomic E-state index is 12.2. The molecule has 5 heteroatoms. The van der Waals surface area contributed by atoms with E-state index in [-0.39, 0.29) is 53.3 Å². The number of nitrogens with zero attached hydrogens (tertiary/aromatic N) is 1.